The zero-order valence-corrected chi connectivity index (χ0v) is 10.0. The molecule has 0 aromatic heterocycles. The second-order valence-electron chi connectivity index (χ2n) is 4.28. The molecule has 0 heterocycles. The van der Waals surface area contributed by atoms with E-state index in [4.69, 9.17) is 11.6 Å². The van der Waals surface area contributed by atoms with E-state index in [2.05, 4.69) is 19.9 Å². The first-order valence-electron chi connectivity index (χ1n) is 5.11. The maximum atomic E-state index is 9.92. The molecule has 1 rings (SSSR count). The van der Waals surface area contributed by atoms with Crippen molar-refractivity contribution in [3.8, 4) is 0 Å². The third-order valence-corrected chi connectivity index (χ3v) is 3.97. The van der Waals surface area contributed by atoms with Crippen molar-refractivity contribution in [3.63, 3.8) is 0 Å². The summed E-state index contributed by atoms with van der Waals surface area (Å²) in [4.78, 5) is 0. The minimum atomic E-state index is -0.426. The van der Waals surface area contributed by atoms with Crippen molar-refractivity contribution in [2.24, 2.45) is 11.3 Å². The van der Waals surface area contributed by atoms with Crippen LogP contribution in [0.15, 0.2) is 23.8 Å². The number of hydrogen-bond acceptors (Lipinski definition) is 1. The van der Waals surface area contributed by atoms with Gasteiger partial charge in [-0.3, -0.25) is 0 Å². The minimum absolute atomic E-state index is 0.0719. The van der Waals surface area contributed by atoms with Crippen LogP contribution in [0.4, 0.5) is 0 Å². The Kier molecular flexibility index (Phi) is 3.44. The Labute approximate surface area is 91.5 Å². The molecule has 0 bridgehead atoms. The monoisotopic (exact) mass is 214 g/mol. The molecule has 1 N–H and O–H groups in total. The van der Waals surface area contributed by atoms with Crippen LogP contribution < -0.4 is 0 Å². The fourth-order valence-electron chi connectivity index (χ4n) is 2.36. The number of allylic oxidation sites excluding steroid dienone is 3. The van der Waals surface area contributed by atoms with Crippen LogP contribution in [-0.4, -0.2) is 16.6 Å². The van der Waals surface area contributed by atoms with E-state index in [1.54, 1.807) is 0 Å². The van der Waals surface area contributed by atoms with Crippen molar-refractivity contribution in [3.05, 3.63) is 23.8 Å². The lowest BCUT2D eigenvalue weighted by Crippen LogP contribution is -2.45. The van der Waals surface area contributed by atoms with Crippen molar-refractivity contribution >= 4 is 11.6 Å². The van der Waals surface area contributed by atoms with Crippen LogP contribution in [0, 0.1) is 11.3 Å². The zero-order chi connectivity index (χ0) is 10.9. The Bertz CT molecular complexity index is 255. The fraction of sp³-hybridized carbons (Fsp3) is 0.667. The highest BCUT2D eigenvalue weighted by Gasteiger charge is 2.44. The molecule has 1 aliphatic carbocycles. The normalized spacial score (nSPS) is 36.4. The van der Waals surface area contributed by atoms with E-state index < -0.39 is 6.10 Å². The maximum absolute atomic E-state index is 9.92. The van der Waals surface area contributed by atoms with Crippen LogP contribution in [0.5, 0.6) is 0 Å². The zero-order valence-electron chi connectivity index (χ0n) is 9.29. The lowest BCUT2D eigenvalue weighted by atomic mass is 9.65. The molecule has 0 radical (unpaired) electrons. The van der Waals surface area contributed by atoms with Gasteiger partial charge < -0.3 is 5.11 Å². The predicted octanol–water partition coefficient (Wildman–Crippen LogP) is 3.13. The summed E-state index contributed by atoms with van der Waals surface area (Å²) in [5.74, 6) is 0.292. The molecule has 0 spiro atoms. The summed E-state index contributed by atoms with van der Waals surface area (Å²) in [6, 6.07) is 0. The Hall–Kier alpha value is -0.270. The van der Waals surface area contributed by atoms with Gasteiger partial charge in [0.1, 0.15) is 0 Å². The van der Waals surface area contributed by atoms with Gasteiger partial charge in [-0.25, -0.2) is 0 Å². The van der Waals surface area contributed by atoms with Gasteiger partial charge in [0.25, 0.3) is 0 Å². The molecule has 1 nitrogen and oxygen atoms in total. The number of alkyl halides is 1. The average Bonchev–Trinajstić information content (AvgIpc) is 2.08. The Morgan fingerprint density at radius 2 is 2.07 bits per heavy atom. The summed E-state index contributed by atoms with van der Waals surface area (Å²) in [7, 11) is 0. The van der Waals surface area contributed by atoms with Gasteiger partial charge in [-0.1, -0.05) is 30.7 Å². The molecule has 0 amide bonds. The maximum Gasteiger partial charge on any atom is 0.0622 e. The summed E-state index contributed by atoms with van der Waals surface area (Å²) in [6.45, 7) is 7.98. The van der Waals surface area contributed by atoms with Gasteiger partial charge >= 0.3 is 0 Å². The third kappa shape index (κ3) is 1.64. The first-order valence-corrected chi connectivity index (χ1v) is 5.54. The van der Waals surface area contributed by atoms with Gasteiger partial charge in [-0.05, 0) is 26.7 Å². The van der Waals surface area contributed by atoms with Crippen molar-refractivity contribution < 1.29 is 5.11 Å². The first kappa shape index (κ1) is 11.8. The van der Waals surface area contributed by atoms with Crippen LogP contribution in [-0.2, 0) is 0 Å². The van der Waals surface area contributed by atoms with E-state index in [0.717, 1.165) is 0 Å². The molecule has 2 heteroatoms. The van der Waals surface area contributed by atoms with E-state index in [-0.39, 0.29) is 10.8 Å². The van der Waals surface area contributed by atoms with E-state index in [0.29, 0.717) is 5.92 Å². The fourth-order valence-corrected chi connectivity index (χ4v) is 2.80. The van der Waals surface area contributed by atoms with E-state index in [1.807, 2.05) is 26.0 Å². The summed E-state index contributed by atoms with van der Waals surface area (Å²) in [5.41, 5.74) is 0.960. The number of aliphatic hydroxyl groups is 1. The molecule has 0 aliphatic heterocycles. The van der Waals surface area contributed by atoms with Crippen LogP contribution >= 0.6 is 11.6 Å². The van der Waals surface area contributed by atoms with Gasteiger partial charge in [0.2, 0.25) is 0 Å². The Morgan fingerprint density at radius 1 is 1.50 bits per heavy atom. The molecule has 4 atom stereocenters. The Morgan fingerprint density at radius 3 is 2.43 bits per heavy atom. The summed E-state index contributed by atoms with van der Waals surface area (Å²) < 4.78 is 0. The molecule has 4 unspecified atom stereocenters. The van der Waals surface area contributed by atoms with Gasteiger partial charge in [-0.15, -0.1) is 11.6 Å². The standard InChI is InChI=1S/C12H19ClO/c1-8-6-5-7-12(9(8)2,10(3)13)11(4)14/h5-7,9-11,14H,1-4H3. The van der Waals surface area contributed by atoms with Crippen molar-refractivity contribution in [1.29, 1.82) is 0 Å². The SMILES string of the molecule is CC1=CC=CC(C(C)O)(C(C)Cl)C1C. The molecule has 0 aromatic rings. The van der Waals surface area contributed by atoms with E-state index in [9.17, 15) is 5.11 Å². The van der Waals surface area contributed by atoms with Crippen LogP contribution in [0.1, 0.15) is 27.7 Å². The van der Waals surface area contributed by atoms with Crippen molar-refractivity contribution in [1.82, 2.24) is 0 Å². The molecule has 0 saturated heterocycles. The second kappa shape index (κ2) is 4.08. The van der Waals surface area contributed by atoms with Gasteiger partial charge in [-0.2, -0.15) is 0 Å². The topological polar surface area (TPSA) is 20.2 Å². The third-order valence-electron chi connectivity index (χ3n) is 3.59. The summed E-state index contributed by atoms with van der Waals surface area (Å²) in [6.07, 6.45) is 5.71. The quantitative estimate of drug-likeness (QED) is 0.701. The average molecular weight is 215 g/mol. The molecule has 14 heavy (non-hydrogen) atoms. The number of rotatable bonds is 2. The molecule has 1 aliphatic rings. The molecule has 0 aromatic carbocycles. The molecule has 0 saturated carbocycles. The smallest absolute Gasteiger partial charge is 0.0622 e. The van der Waals surface area contributed by atoms with Crippen LogP contribution in [0.25, 0.3) is 0 Å². The van der Waals surface area contributed by atoms with Crippen molar-refractivity contribution in [2.45, 2.75) is 39.2 Å². The van der Waals surface area contributed by atoms with Crippen LogP contribution in [0.2, 0.25) is 0 Å². The predicted molar refractivity (Wildman–Crippen MR) is 61.5 cm³/mol. The van der Waals surface area contributed by atoms with E-state index in [1.165, 1.54) is 5.57 Å². The largest absolute Gasteiger partial charge is 0.392 e. The van der Waals surface area contributed by atoms with Gasteiger partial charge in [0, 0.05) is 10.8 Å². The lowest BCUT2D eigenvalue weighted by molar-refractivity contribution is 0.0439. The molecular weight excluding hydrogens is 196 g/mol. The highest BCUT2D eigenvalue weighted by atomic mass is 35.5. The number of aliphatic hydroxyl groups excluding tert-OH is 1. The highest BCUT2D eigenvalue weighted by Crippen LogP contribution is 2.45. The van der Waals surface area contributed by atoms with E-state index >= 15 is 0 Å². The second-order valence-corrected chi connectivity index (χ2v) is 4.94. The molecule has 0 fully saturated rings. The van der Waals surface area contributed by atoms with Crippen LogP contribution in [0.3, 0.4) is 0 Å². The number of halogens is 1. The number of hydrogen-bond donors (Lipinski definition) is 1. The molecular formula is C12H19ClO. The first-order chi connectivity index (χ1) is 6.43. The summed E-state index contributed by atoms with van der Waals surface area (Å²) >= 11 is 6.23. The highest BCUT2D eigenvalue weighted by molar-refractivity contribution is 6.21. The minimum Gasteiger partial charge on any atom is -0.392 e. The molecule has 80 valence electrons. The Balaban J connectivity index is 3.13. The lowest BCUT2D eigenvalue weighted by Gasteiger charge is -2.43. The van der Waals surface area contributed by atoms with Gasteiger partial charge in [0.15, 0.2) is 0 Å². The summed E-state index contributed by atoms with van der Waals surface area (Å²) in [5, 5.41) is 9.85. The van der Waals surface area contributed by atoms with Gasteiger partial charge in [0.05, 0.1) is 6.10 Å². The van der Waals surface area contributed by atoms with Crippen molar-refractivity contribution in [2.75, 3.05) is 0 Å².